The molecule has 8 heteroatoms. The second-order valence-electron chi connectivity index (χ2n) is 7.79. The van der Waals surface area contributed by atoms with E-state index in [-0.39, 0.29) is 12.5 Å². The average molecular weight is 424 g/mol. The van der Waals surface area contributed by atoms with Crippen LogP contribution in [0.1, 0.15) is 16.9 Å². The van der Waals surface area contributed by atoms with E-state index >= 15 is 0 Å². The fraction of sp³-hybridized carbons (Fsp3) is 0.409. The molecule has 30 heavy (non-hydrogen) atoms. The van der Waals surface area contributed by atoms with Gasteiger partial charge in [0.25, 0.3) is 0 Å². The summed E-state index contributed by atoms with van der Waals surface area (Å²) in [5, 5.41) is 4.13. The van der Waals surface area contributed by atoms with E-state index in [0.29, 0.717) is 0 Å². The zero-order valence-corrected chi connectivity index (χ0v) is 17.9. The van der Waals surface area contributed by atoms with Crippen LogP contribution in [0, 0.1) is 0 Å². The lowest BCUT2D eigenvalue weighted by atomic mass is 10.2. The van der Waals surface area contributed by atoms with Crippen molar-refractivity contribution in [2.75, 3.05) is 55.0 Å². The van der Waals surface area contributed by atoms with Gasteiger partial charge in [-0.25, -0.2) is 9.97 Å². The average Bonchev–Trinajstić information content (AvgIpc) is 3.36. The smallest absolute Gasteiger partial charge is 0.243 e. The van der Waals surface area contributed by atoms with Crippen LogP contribution in [0.15, 0.2) is 30.6 Å². The highest BCUT2D eigenvalue weighted by Gasteiger charge is 2.23. The number of nitrogens with one attached hydrogen (secondary N) is 1. The molecule has 1 saturated heterocycles. The van der Waals surface area contributed by atoms with Crippen molar-refractivity contribution in [3.63, 3.8) is 0 Å². The van der Waals surface area contributed by atoms with Crippen molar-refractivity contribution >= 4 is 44.7 Å². The molecule has 3 heterocycles. The van der Waals surface area contributed by atoms with E-state index in [0.717, 1.165) is 66.6 Å². The number of aromatic nitrogens is 2. The topological polar surface area (TPSA) is 70.6 Å². The van der Waals surface area contributed by atoms with Crippen LogP contribution in [0.2, 0.25) is 0 Å². The maximum Gasteiger partial charge on any atom is 0.243 e. The van der Waals surface area contributed by atoms with E-state index in [4.69, 9.17) is 4.74 Å². The Balaban J connectivity index is 1.26. The number of fused-ring (bicyclic) bond motifs is 3. The number of nitrogens with zero attached hydrogens (tertiary/aromatic N) is 4. The molecule has 3 aromatic rings. The molecule has 1 fully saturated rings. The van der Waals surface area contributed by atoms with Crippen molar-refractivity contribution in [3.8, 4) is 0 Å². The highest BCUT2D eigenvalue weighted by Crippen LogP contribution is 2.39. The molecule has 1 aliphatic carbocycles. The van der Waals surface area contributed by atoms with Crippen molar-refractivity contribution in [3.05, 3.63) is 41.0 Å². The third-order valence-corrected chi connectivity index (χ3v) is 6.95. The van der Waals surface area contributed by atoms with E-state index in [1.165, 1.54) is 16.9 Å². The molecule has 0 spiro atoms. The fourth-order valence-corrected chi connectivity index (χ4v) is 5.49. The molecular weight excluding hydrogens is 398 g/mol. The van der Waals surface area contributed by atoms with E-state index in [2.05, 4.69) is 20.2 Å². The molecule has 2 aliphatic rings. The van der Waals surface area contributed by atoms with Crippen LogP contribution in [-0.2, 0) is 22.4 Å². The van der Waals surface area contributed by atoms with Gasteiger partial charge in [-0.1, -0.05) is 0 Å². The first-order chi connectivity index (χ1) is 14.7. The van der Waals surface area contributed by atoms with Gasteiger partial charge >= 0.3 is 0 Å². The molecule has 0 bridgehead atoms. The van der Waals surface area contributed by atoms with Crippen LogP contribution in [0.5, 0.6) is 0 Å². The molecule has 1 amide bonds. The maximum absolute atomic E-state index is 12.7. The lowest BCUT2D eigenvalue weighted by molar-refractivity contribution is -0.114. The van der Waals surface area contributed by atoms with Gasteiger partial charge in [0.1, 0.15) is 17.0 Å². The van der Waals surface area contributed by atoms with Gasteiger partial charge < -0.3 is 19.9 Å². The van der Waals surface area contributed by atoms with Crippen molar-refractivity contribution in [1.29, 1.82) is 0 Å². The maximum atomic E-state index is 12.7. The summed E-state index contributed by atoms with van der Waals surface area (Å²) in [4.78, 5) is 28.3. The lowest BCUT2D eigenvalue weighted by Gasteiger charge is -2.29. The minimum atomic E-state index is -0.0599. The van der Waals surface area contributed by atoms with Gasteiger partial charge in [0, 0.05) is 36.4 Å². The Bertz CT molecular complexity index is 1060. The van der Waals surface area contributed by atoms with E-state index in [1.54, 1.807) is 17.7 Å². The Hall–Kier alpha value is -2.71. The zero-order valence-electron chi connectivity index (χ0n) is 17.1. The number of morpholine rings is 1. The van der Waals surface area contributed by atoms with Gasteiger partial charge in [-0.05, 0) is 49.1 Å². The molecule has 2 aromatic heterocycles. The van der Waals surface area contributed by atoms with Crippen molar-refractivity contribution in [2.24, 2.45) is 0 Å². The van der Waals surface area contributed by atoms with E-state index < -0.39 is 0 Å². The van der Waals surface area contributed by atoms with Crippen LogP contribution in [0.25, 0.3) is 10.2 Å². The Morgan fingerprint density at radius 3 is 2.80 bits per heavy atom. The third-order valence-electron chi connectivity index (χ3n) is 5.75. The molecule has 156 valence electrons. The number of anilines is 3. The number of likely N-dealkylation sites (N-methyl/N-ethyl adjacent to an activating group) is 1. The summed E-state index contributed by atoms with van der Waals surface area (Å²) < 4.78 is 5.41. The van der Waals surface area contributed by atoms with Crippen molar-refractivity contribution in [1.82, 2.24) is 9.97 Å². The minimum Gasteiger partial charge on any atom is -0.378 e. The molecule has 1 N–H and O–H groups in total. The van der Waals surface area contributed by atoms with E-state index in [1.807, 2.05) is 36.2 Å². The third kappa shape index (κ3) is 3.73. The molecule has 0 atom stereocenters. The first kappa shape index (κ1) is 19.3. The number of carbonyl (C=O) groups is 1. The molecule has 0 saturated carbocycles. The summed E-state index contributed by atoms with van der Waals surface area (Å²) in [7, 11) is 1.92. The van der Waals surface area contributed by atoms with Gasteiger partial charge in [0.15, 0.2) is 0 Å². The van der Waals surface area contributed by atoms with Gasteiger partial charge in [-0.15, -0.1) is 11.3 Å². The van der Waals surface area contributed by atoms with E-state index in [9.17, 15) is 4.79 Å². The number of thiophene rings is 1. The molecular formula is C22H25N5O2S. The quantitative estimate of drug-likeness (QED) is 0.680. The molecule has 1 aromatic carbocycles. The number of aryl methyl sites for hydroxylation is 2. The van der Waals surface area contributed by atoms with Gasteiger partial charge in [0.2, 0.25) is 5.91 Å². The van der Waals surface area contributed by atoms with Crippen LogP contribution >= 0.6 is 11.3 Å². The van der Waals surface area contributed by atoms with Crippen LogP contribution in [0.3, 0.4) is 0 Å². The highest BCUT2D eigenvalue weighted by molar-refractivity contribution is 7.19. The van der Waals surface area contributed by atoms with Gasteiger partial charge in [-0.3, -0.25) is 4.79 Å². The number of benzene rings is 1. The van der Waals surface area contributed by atoms with Gasteiger partial charge in [-0.2, -0.15) is 0 Å². The largest absolute Gasteiger partial charge is 0.378 e. The standard InChI is InChI=1S/C22H25N5O2S/c1-26(21-20-17-3-2-4-18(17)30-22(20)24-14-23-21)13-19(28)25-15-5-7-16(8-6-15)27-9-11-29-12-10-27/h5-8,14H,2-4,9-13H2,1H3,(H,25,28). The second-order valence-corrected chi connectivity index (χ2v) is 8.87. The predicted molar refractivity (Wildman–Crippen MR) is 121 cm³/mol. The monoisotopic (exact) mass is 423 g/mol. The summed E-state index contributed by atoms with van der Waals surface area (Å²) in [5.41, 5.74) is 3.33. The molecule has 0 radical (unpaired) electrons. The fourth-order valence-electron chi connectivity index (χ4n) is 4.27. The summed E-state index contributed by atoms with van der Waals surface area (Å²) >= 11 is 1.76. The lowest BCUT2D eigenvalue weighted by Crippen LogP contribution is -2.36. The number of ether oxygens (including phenoxy) is 1. The van der Waals surface area contributed by atoms with Crippen molar-refractivity contribution < 1.29 is 9.53 Å². The SMILES string of the molecule is CN(CC(=O)Nc1ccc(N2CCOCC2)cc1)c1ncnc2sc3c(c12)CCC3. The molecule has 0 unspecified atom stereocenters. The highest BCUT2D eigenvalue weighted by atomic mass is 32.1. The number of hydrogen-bond donors (Lipinski definition) is 1. The predicted octanol–water partition coefficient (Wildman–Crippen LogP) is 3.09. The Morgan fingerprint density at radius 1 is 1.20 bits per heavy atom. The Morgan fingerprint density at radius 2 is 2.00 bits per heavy atom. The van der Waals surface area contributed by atoms with Crippen LogP contribution in [0.4, 0.5) is 17.2 Å². The first-order valence-corrected chi connectivity index (χ1v) is 11.2. The van der Waals surface area contributed by atoms with Crippen molar-refractivity contribution in [2.45, 2.75) is 19.3 Å². The normalized spacial score (nSPS) is 16.0. The summed E-state index contributed by atoms with van der Waals surface area (Å²) in [6.07, 6.45) is 4.99. The minimum absolute atomic E-state index is 0.0599. The second kappa shape index (κ2) is 8.20. The number of rotatable bonds is 5. The van der Waals surface area contributed by atoms with Crippen LogP contribution < -0.4 is 15.1 Å². The first-order valence-electron chi connectivity index (χ1n) is 10.4. The molecule has 7 nitrogen and oxygen atoms in total. The number of carbonyl (C=O) groups excluding carboxylic acids is 1. The Kier molecular flexibility index (Phi) is 5.26. The number of amides is 1. The Labute approximate surface area is 179 Å². The summed E-state index contributed by atoms with van der Waals surface area (Å²) in [6.45, 7) is 3.55. The molecule has 5 rings (SSSR count). The zero-order chi connectivity index (χ0) is 20.5. The summed E-state index contributed by atoms with van der Waals surface area (Å²) in [5.74, 6) is 0.785. The summed E-state index contributed by atoms with van der Waals surface area (Å²) in [6, 6.07) is 8.01. The van der Waals surface area contributed by atoms with Crippen LogP contribution in [-0.4, -0.2) is 55.8 Å². The van der Waals surface area contributed by atoms with Gasteiger partial charge in [0.05, 0.1) is 25.1 Å². The number of hydrogen-bond acceptors (Lipinski definition) is 7. The molecule has 1 aliphatic heterocycles.